The summed E-state index contributed by atoms with van der Waals surface area (Å²) in [7, 11) is 0. The number of fused-ring (bicyclic) bond motifs is 1. The van der Waals surface area contributed by atoms with Crippen LogP contribution < -0.4 is 5.56 Å². The van der Waals surface area contributed by atoms with Crippen LogP contribution in [-0.4, -0.2) is 14.5 Å². The number of nitrogens with one attached hydrogen (secondary N) is 1. The molecule has 1 N–H and O–H groups in total. The molecule has 0 saturated heterocycles. The molecule has 1 heterocycles. The van der Waals surface area contributed by atoms with Crippen LogP contribution in [0.1, 0.15) is 6.92 Å². The van der Waals surface area contributed by atoms with E-state index in [9.17, 15) is 14.9 Å². The molecule has 7 heteroatoms. The van der Waals surface area contributed by atoms with E-state index >= 15 is 0 Å². The zero-order valence-corrected chi connectivity index (χ0v) is 9.78. The second kappa shape index (κ2) is 4.10. The van der Waals surface area contributed by atoms with E-state index in [-0.39, 0.29) is 15.8 Å². The van der Waals surface area contributed by atoms with Crippen molar-refractivity contribution in [1.29, 1.82) is 0 Å². The number of H-pyrrole nitrogens is 1. The van der Waals surface area contributed by atoms with Gasteiger partial charge >= 0.3 is 0 Å². The highest BCUT2D eigenvalue weighted by Gasteiger charge is 2.16. The van der Waals surface area contributed by atoms with Crippen molar-refractivity contribution in [3.8, 4) is 0 Å². The molecule has 0 aliphatic rings. The molecule has 0 amide bonds. The predicted molar refractivity (Wildman–Crippen MR) is 65.7 cm³/mol. The molecule has 2 rings (SSSR count). The molecule has 0 atom stereocenters. The van der Waals surface area contributed by atoms with Crippen molar-refractivity contribution in [3.05, 3.63) is 43.4 Å². The average molecular weight is 251 g/mol. The van der Waals surface area contributed by atoms with Gasteiger partial charge in [-0.1, -0.05) is 6.07 Å². The van der Waals surface area contributed by atoms with E-state index in [1.54, 1.807) is 13.0 Å². The van der Waals surface area contributed by atoms with Gasteiger partial charge in [-0.2, -0.15) is 0 Å². The number of benzene rings is 1. The zero-order chi connectivity index (χ0) is 12.6. The topological polar surface area (TPSA) is 80.9 Å². The van der Waals surface area contributed by atoms with Crippen molar-refractivity contribution >= 4 is 28.8 Å². The molecule has 0 radical (unpaired) electrons. The summed E-state index contributed by atoms with van der Waals surface area (Å²) >= 11 is 5.01. The molecule has 6 nitrogen and oxygen atoms in total. The van der Waals surface area contributed by atoms with Crippen LogP contribution in [0, 0.1) is 14.9 Å². The number of non-ortho nitro benzene ring substituents is 1. The molecule has 0 bridgehead atoms. The van der Waals surface area contributed by atoms with E-state index < -0.39 is 10.5 Å². The first-order valence-electron chi connectivity index (χ1n) is 4.96. The fraction of sp³-hybridized carbons (Fsp3) is 0.200. The minimum absolute atomic E-state index is 0.0629. The number of aromatic amines is 1. The van der Waals surface area contributed by atoms with Gasteiger partial charge in [-0.15, -0.1) is 0 Å². The molecule has 0 aliphatic heterocycles. The number of nitro benzene ring substituents is 1. The van der Waals surface area contributed by atoms with Crippen molar-refractivity contribution in [2.45, 2.75) is 13.5 Å². The maximum absolute atomic E-state index is 12.1. The van der Waals surface area contributed by atoms with E-state index in [1.807, 2.05) is 0 Å². The van der Waals surface area contributed by atoms with Crippen LogP contribution in [0.3, 0.4) is 0 Å². The van der Waals surface area contributed by atoms with Gasteiger partial charge in [0.1, 0.15) is 5.39 Å². The molecule has 0 fully saturated rings. The van der Waals surface area contributed by atoms with Crippen LogP contribution in [0.2, 0.25) is 0 Å². The Morgan fingerprint density at radius 3 is 2.82 bits per heavy atom. The van der Waals surface area contributed by atoms with Crippen LogP contribution in [0.4, 0.5) is 5.69 Å². The summed E-state index contributed by atoms with van der Waals surface area (Å²) in [6, 6.07) is 4.42. The molecule has 0 aliphatic carbocycles. The van der Waals surface area contributed by atoms with E-state index in [2.05, 4.69) is 4.98 Å². The van der Waals surface area contributed by atoms with Crippen molar-refractivity contribution in [3.63, 3.8) is 0 Å². The van der Waals surface area contributed by atoms with Gasteiger partial charge < -0.3 is 4.98 Å². The highest BCUT2D eigenvalue weighted by Crippen LogP contribution is 2.20. The smallest absolute Gasteiger partial charge is 0.284 e. The highest BCUT2D eigenvalue weighted by molar-refractivity contribution is 7.71. The number of hydrogen-bond donors (Lipinski definition) is 1. The maximum atomic E-state index is 12.1. The fourth-order valence-electron chi connectivity index (χ4n) is 1.72. The van der Waals surface area contributed by atoms with Gasteiger partial charge in [0.2, 0.25) is 0 Å². The molecule has 0 saturated carbocycles. The summed E-state index contributed by atoms with van der Waals surface area (Å²) in [5, 5.41) is 10.9. The minimum atomic E-state index is -0.569. The lowest BCUT2D eigenvalue weighted by molar-refractivity contribution is -0.383. The van der Waals surface area contributed by atoms with Gasteiger partial charge in [-0.25, -0.2) is 0 Å². The Hall–Kier alpha value is -2.02. The summed E-state index contributed by atoms with van der Waals surface area (Å²) in [5.41, 5.74) is -0.251. The molecule has 1 aromatic heterocycles. The first-order chi connectivity index (χ1) is 8.06. The lowest BCUT2D eigenvalue weighted by Gasteiger charge is -2.05. The van der Waals surface area contributed by atoms with Crippen molar-refractivity contribution in [2.75, 3.05) is 0 Å². The van der Waals surface area contributed by atoms with E-state index in [0.717, 1.165) is 0 Å². The van der Waals surface area contributed by atoms with Crippen molar-refractivity contribution < 1.29 is 4.92 Å². The summed E-state index contributed by atoms with van der Waals surface area (Å²) in [5.74, 6) is 0. The fourth-order valence-corrected chi connectivity index (χ4v) is 2.04. The standard InChI is InChI=1S/C10H9N3O3S/c1-2-12-9(14)8-6(11-10(12)17)4-3-5-7(8)13(15)16/h3-5H,2H2,1H3,(H,11,17). The molecular formula is C10H9N3O3S. The van der Waals surface area contributed by atoms with Crippen LogP contribution >= 0.6 is 12.2 Å². The highest BCUT2D eigenvalue weighted by atomic mass is 32.1. The van der Waals surface area contributed by atoms with Gasteiger partial charge in [-0.05, 0) is 25.2 Å². The first-order valence-corrected chi connectivity index (χ1v) is 5.37. The van der Waals surface area contributed by atoms with E-state index in [4.69, 9.17) is 12.2 Å². The zero-order valence-electron chi connectivity index (χ0n) is 8.97. The Bertz CT molecular complexity index is 717. The van der Waals surface area contributed by atoms with Crippen molar-refractivity contribution in [2.24, 2.45) is 0 Å². The Morgan fingerprint density at radius 2 is 2.24 bits per heavy atom. The Kier molecular flexibility index (Phi) is 2.76. The minimum Gasteiger partial charge on any atom is -0.331 e. The Morgan fingerprint density at radius 1 is 1.53 bits per heavy atom. The van der Waals surface area contributed by atoms with Gasteiger partial charge in [0.05, 0.1) is 10.4 Å². The Balaban J connectivity index is 3.05. The van der Waals surface area contributed by atoms with Crippen LogP contribution in [-0.2, 0) is 6.54 Å². The predicted octanol–water partition coefficient (Wildman–Crippen LogP) is 1.99. The summed E-state index contributed by atoms with van der Waals surface area (Å²) < 4.78 is 1.57. The SMILES string of the molecule is CCn1c(=S)[nH]c2cccc([N+](=O)[O-])c2c1=O. The van der Waals surface area contributed by atoms with Crippen LogP contribution in [0.25, 0.3) is 10.9 Å². The maximum Gasteiger partial charge on any atom is 0.284 e. The Labute approximate surface area is 101 Å². The molecule has 17 heavy (non-hydrogen) atoms. The van der Waals surface area contributed by atoms with Crippen LogP contribution in [0.15, 0.2) is 23.0 Å². The number of aromatic nitrogens is 2. The third kappa shape index (κ3) is 1.74. The lowest BCUT2D eigenvalue weighted by atomic mass is 10.2. The van der Waals surface area contributed by atoms with E-state index in [1.165, 1.54) is 16.7 Å². The number of rotatable bonds is 2. The normalized spacial score (nSPS) is 10.6. The van der Waals surface area contributed by atoms with Crippen molar-refractivity contribution in [1.82, 2.24) is 9.55 Å². The number of nitrogens with zero attached hydrogens (tertiary/aromatic N) is 2. The third-order valence-electron chi connectivity index (χ3n) is 2.50. The van der Waals surface area contributed by atoms with Gasteiger partial charge in [0.15, 0.2) is 4.77 Å². The van der Waals surface area contributed by atoms with Crippen LogP contribution in [0.5, 0.6) is 0 Å². The molecule has 0 unspecified atom stereocenters. The van der Waals surface area contributed by atoms with Gasteiger partial charge in [0.25, 0.3) is 11.2 Å². The number of nitro groups is 1. The molecular weight excluding hydrogens is 242 g/mol. The summed E-state index contributed by atoms with van der Waals surface area (Å²) in [6.07, 6.45) is 0. The first kappa shape index (κ1) is 11.5. The van der Waals surface area contributed by atoms with E-state index in [0.29, 0.717) is 12.1 Å². The molecule has 0 spiro atoms. The summed E-state index contributed by atoms with van der Waals surface area (Å²) in [4.78, 5) is 25.2. The monoisotopic (exact) mass is 251 g/mol. The lowest BCUT2D eigenvalue weighted by Crippen LogP contribution is -2.21. The van der Waals surface area contributed by atoms with Gasteiger partial charge in [0, 0.05) is 12.6 Å². The largest absolute Gasteiger partial charge is 0.331 e. The second-order valence-corrected chi connectivity index (χ2v) is 3.82. The average Bonchev–Trinajstić information content (AvgIpc) is 2.28. The quantitative estimate of drug-likeness (QED) is 0.502. The molecule has 1 aromatic carbocycles. The van der Waals surface area contributed by atoms with Gasteiger partial charge in [-0.3, -0.25) is 19.5 Å². The summed E-state index contributed by atoms with van der Waals surface area (Å²) in [6.45, 7) is 2.13. The molecule has 88 valence electrons. The number of hydrogen-bond acceptors (Lipinski definition) is 4. The molecule has 2 aromatic rings. The third-order valence-corrected chi connectivity index (χ3v) is 2.82. The second-order valence-electron chi connectivity index (χ2n) is 3.44.